The molecular weight excluding hydrogens is 246 g/mol. The summed E-state index contributed by atoms with van der Waals surface area (Å²) in [4.78, 5) is 15.4. The number of benzene rings is 1. The van der Waals surface area contributed by atoms with Gasteiger partial charge in [-0.05, 0) is 24.1 Å². The first-order chi connectivity index (χ1) is 8.61. The Hall–Kier alpha value is -1.89. The van der Waals surface area contributed by atoms with Crippen LogP contribution in [0.1, 0.15) is 5.56 Å². The lowest BCUT2D eigenvalue weighted by atomic mass is 10.1. The molecule has 0 atom stereocenters. The minimum atomic E-state index is -2.82. The summed E-state index contributed by atoms with van der Waals surface area (Å²) in [6.07, 6.45) is 0.575. The van der Waals surface area contributed by atoms with Crippen molar-refractivity contribution in [3.05, 3.63) is 29.8 Å². The van der Waals surface area contributed by atoms with Crippen molar-refractivity contribution in [2.24, 2.45) is 0 Å². The third-order valence-electron chi connectivity index (χ3n) is 2.04. The van der Waals surface area contributed by atoms with Gasteiger partial charge in [0.15, 0.2) is 0 Å². The average molecular weight is 260 g/mol. The van der Waals surface area contributed by atoms with Gasteiger partial charge in [0.25, 0.3) is 0 Å². The van der Waals surface area contributed by atoms with E-state index >= 15 is 0 Å². The van der Waals surface area contributed by atoms with Crippen LogP contribution in [0.5, 0.6) is 5.75 Å². The lowest BCUT2D eigenvalue weighted by Crippen LogP contribution is -2.35. The van der Waals surface area contributed by atoms with Gasteiger partial charge < -0.3 is 10.1 Å². The van der Waals surface area contributed by atoms with E-state index in [1.807, 2.05) is 0 Å². The zero-order valence-corrected chi connectivity index (χ0v) is 9.78. The molecule has 0 spiro atoms. The van der Waals surface area contributed by atoms with E-state index in [0.29, 0.717) is 13.0 Å². The molecule has 100 valence electrons. The van der Waals surface area contributed by atoms with Gasteiger partial charge in [0, 0.05) is 6.54 Å². The molecule has 0 aromatic heterocycles. The van der Waals surface area contributed by atoms with Crippen molar-refractivity contribution >= 4 is 6.03 Å². The van der Waals surface area contributed by atoms with Crippen LogP contribution in [0, 0.1) is 0 Å². The molecule has 0 aliphatic carbocycles. The highest BCUT2D eigenvalue weighted by atomic mass is 19.3. The molecule has 0 saturated heterocycles. The Labute approximate surface area is 103 Å². The summed E-state index contributed by atoms with van der Waals surface area (Å²) in [5.41, 5.74) is 3.01. The smallest absolute Gasteiger partial charge is 0.387 e. The molecule has 0 bridgehead atoms. The highest BCUT2D eigenvalue weighted by molar-refractivity contribution is 5.72. The van der Waals surface area contributed by atoms with Crippen molar-refractivity contribution in [1.82, 2.24) is 10.8 Å². The molecule has 7 heteroatoms. The predicted octanol–water partition coefficient (Wildman–Crippen LogP) is 1.69. The van der Waals surface area contributed by atoms with Crippen molar-refractivity contribution in [2.75, 3.05) is 13.7 Å². The number of hydroxylamine groups is 1. The number of hydrogen-bond donors (Lipinski definition) is 2. The SMILES string of the molecule is CONC(=O)NCCc1ccc(OC(F)F)cc1. The zero-order chi connectivity index (χ0) is 13.4. The van der Waals surface area contributed by atoms with Crippen LogP contribution < -0.4 is 15.5 Å². The maximum absolute atomic E-state index is 11.9. The maximum atomic E-state index is 11.9. The number of halogens is 2. The van der Waals surface area contributed by atoms with Crippen LogP contribution in [0.2, 0.25) is 0 Å². The number of carbonyl (C=O) groups is 1. The molecule has 1 aromatic rings. The van der Waals surface area contributed by atoms with E-state index in [2.05, 4.69) is 20.4 Å². The number of nitrogens with one attached hydrogen (secondary N) is 2. The van der Waals surface area contributed by atoms with Gasteiger partial charge in [-0.3, -0.25) is 4.84 Å². The fourth-order valence-electron chi connectivity index (χ4n) is 1.29. The van der Waals surface area contributed by atoms with Gasteiger partial charge in [-0.25, -0.2) is 10.3 Å². The minimum absolute atomic E-state index is 0.110. The molecule has 5 nitrogen and oxygen atoms in total. The Balaban J connectivity index is 2.33. The first kappa shape index (κ1) is 14.2. The van der Waals surface area contributed by atoms with Gasteiger partial charge in [0.05, 0.1) is 7.11 Å². The molecule has 2 N–H and O–H groups in total. The van der Waals surface area contributed by atoms with Gasteiger partial charge in [-0.15, -0.1) is 0 Å². The second-order valence-corrected chi connectivity index (χ2v) is 3.33. The number of alkyl halides is 2. The Morgan fingerprint density at radius 2 is 2.00 bits per heavy atom. The largest absolute Gasteiger partial charge is 0.435 e. The molecular formula is C11H14F2N2O3. The highest BCUT2D eigenvalue weighted by Crippen LogP contribution is 2.14. The normalized spacial score (nSPS) is 10.2. The van der Waals surface area contributed by atoms with Gasteiger partial charge in [0.2, 0.25) is 0 Å². The monoisotopic (exact) mass is 260 g/mol. The average Bonchev–Trinajstić information content (AvgIpc) is 2.31. The van der Waals surface area contributed by atoms with Crippen LogP contribution in [0.25, 0.3) is 0 Å². The number of carbonyl (C=O) groups excluding carboxylic acids is 1. The van der Waals surface area contributed by atoms with Crippen LogP contribution in [0.4, 0.5) is 13.6 Å². The van der Waals surface area contributed by atoms with Crippen molar-refractivity contribution in [2.45, 2.75) is 13.0 Å². The van der Waals surface area contributed by atoms with Crippen molar-refractivity contribution in [3.8, 4) is 5.75 Å². The number of urea groups is 1. The van der Waals surface area contributed by atoms with Crippen LogP contribution in [0.3, 0.4) is 0 Å². The van der Waals surface area contributed by atoms with E-state index in [9.17, 15) is 13.6 Å². The van der Waals surface area contributed by atoms with Crippen molar-refractivity contribution < 1.29 is 23.1 Å². The molecule has 0 aliphatic rings. The lowest BCUT2D eigenvalue weighted by molar-refractivity contribution is -0.0498. The second kappa shape index (κ2) is 7.44. The van der Waals surface area contributed by atoms with Crippen LogP contribution in [-0.2, 0) is 11.3 Å². The molecule has 1 rings (SSSR count). The molecule has 1 aromatic carbocycles. The molecule has 0 unspecified atom stereocenters. The molecule has 0 saturated carbocycles. The standard InChI is InChI=1S/C11H14F2N2O3/c1-17-15-11(16)14-7-6-8-2-4-9(5-3-8)18-10(12)13/h2-5,10H,6-7H2,1H3,(H2,14,15,16). The van der Waals surface area contributed by atoms with E-state index < -0.39 is 12.6 Å². The van der Waals surface area contributed by atoms with Gasteiger partial charge in [0.1, 0.15) is 5.75 Å². The van der Waals surface area contributed by atoms with Crippen LogP contribution in [-0.4, -0.2) is 26.3 Å². The number of ether oxygens (including phenoxy) is 1. The molecule has 2 amide bonds. The molecule has 0 heterocycles. The fourth-order valence-corrected chi connectivity index (χ4v) is 1.29. The summed E-state index contributed by atoms with van der Waals surface area (Å²) in [6, 6.07) is 5.80. The zero-order valence-electron chi connectivity index (χ0n) is 9.78. The summed E-state index contributed by atoms with van der Waals surface area (Å²) in [5, 5.41) is 2.55. The molecule has 0 aliphatic heterocycles. The van der Waals surface area contributed by atoms with Crippen LogP contribution >= 0.6 is 0 Å². The highest BCUT2D eigenvalue weighted by Gasteiger charge is 2.04. The maximum Gasteiger partial charge on any atom is 0.387 e. The summed E-state index contributed by atoms with van der Waals surface area (Å²) < 4.78 is 28.0. The third-order valence-corrected chi connectivity index (χ3v) is 2.04. The van der Waals surface area contributed by atoms with E-state index in [1.54, 1.807) is 12.1 Å². The fraction of sp³-hybridized carbons (Fsp3) is 0.364. The Kier molecular flexibility index (Phi) is 5.86. The summed E-state index contributed by atoms with van der Waals surface area (Å²) in [6.45, 7) is -2.42. The molecule has 18 heavy (non-hydrogen) atoms. The number of amides is 2. The number of rotatable bonds is 6. The van der Waals surface area contributed by atoms with E-state index in [4.69, 9.17) is 0 Å². The minimum Gasteiger partial charge on any atom is -0.435 e. The second-order valence-electron chi connectivity index (χ2n) is 3.33. The summed E-state index contributed by atoms with van der Waals surface area (Å²) >= 11 is 0. The number of hydrogen-bond acceptors (Lipinski definition) is 3. The summed E-state index contributed by atoms with van der Waals surface area (Å²) in [7, 11) is 1.33. The van der Waals surface area contributed by atoms with E-state index in [0.717, 1.165) is 5.56 Å². The van der Waals surface area contributed by atoms with Crippen LogP contribution in [0.15, 0.2) is 24.3 Å². The molecule has 0 fully saturated rings. The Bertz CT molecular complexity index is 371. The van der Waals surface area contributed by atoms with Gasteiger partial charge >= 0.3 is 12.6 Å². The topological polar surface area (TPSA) is 59.6 Å². The van der Waals surface area contributed by atoms with E-state index in [-0.39, 0.29) is 5.75 Å². The summed E-state index contributed by atoms with van der Waals surface area (Å²) in [5.74, 6) is 0.110. The third kappa shape index (κ3) is 5.44. The van der Waals surface area contributed by atoms with Crippen molar-refractivity contribution in [3.63, 3.8) is 0 Å². The predicted molar refractivity (Wildman–Crippen MR) is 60.3 cm³/mol. The molecule has 0 radical (unpaired) electrons. The lowest BCUT2D eigenvalue weighted by Gasteiger charge is -2.07. The Morgan fingerprint density at radius 3 is 2.56 bits per heavy atom. The van der Waals surface area contributed by atoms with Crippen molar-refractivity contribution in [1.29, 1.82) is 0 Å². The Morgan fingerprint density at radius 1 is 1.33 bits per heavy atom. The quantitative estimate of drug-likeness (QED) is 0.765. The van der Waals surface area contributed by atoms with Gasteiger partial charge in [-0.2, -0.15) is 8.78 Å². The first-order valence-electron chi connectivity index (χ1n) is 5.22. The van der Waals surface area contributed by atoms with Gasteiger partial charge in [-0.1, -0.05) is 12.1 Å². The first-order valence-corrected chi connectivity index (χ1v) is 5.22. The van der Waals surface area contributed by atoms with E-state index in [1.165, 1.54) is 19.2 Å².